The number of piperidine rings is 1. The first-order chi connectivity index (χ1) is 14.4. The Balaban J connectivity index is 1.54. The lowest BCUT2D eigenvalue weighted by Crippen LogP contribution is -2.36. The first-order valence-electron chi connectivity index (χ1n) is 9.51. The van der Waals surface area contributed by atoms with Gasteiger partial charge in [-0.3, -0.25) is 4.79 Å². The number of carbonyl (C=O) groups excluding carboxylic acids is 1. The van der Waals surface area contributed by atoms with Crippen LogP contribution in [0.25, 0.3) is 5.69 Å². The molecule has 2 heterocycles. The summed E-state index contributed by atoms with van der Waals surface area (Å²) in [7, 11) is -3.99. The van der Waals surface area contributed by atoms with E-state index in [0.29, 0.717) is 18.8 Å². The molecule has 0 radical (unpaired) electrons. The van der Waals surface area contributed by atoms with Crippen molar-refractivity contribution in [2.24, 2.45) is 0 Å². The molecular weight excluding hydrogens is 409 g/mol. The molecule has 0 saturated carbocycles. The van der Waals surface area contributed by atoms with Crippen molar-refractivity contribution in [2.45, 2.75) is 24.2 Å². The predicted octanol–water partition coefficient (Wildman–Crippen LogP) is 2.83. The van der Waals surface area contributed by atoms with Gasteiger partial charge in [0, 0.05) is 24.3 Å². The van der Waals surface area contributed by atoms with Crippen molar-refractivity contribution in [3.63, 3.8) is 0 Å². The molecule has 1 fully saturated rings. The van der Waals surface area contributed by atoms with E-state index in [0.717, 1.165) is 37.1 Å². The van der Waals surface area contributed by atoms with Crippen LogP contribution in [0.15, 0.2) is 60.0 Å². The normalized spacial score (nSPS) is 15.1. The summed E-state index contributed by atoms with van der Waals surface area (Å²) in [6, 6.07) is 10.2. The molecule has 0 aliphatic carbocycles. The van der Waals surface area contributed by atoms with E-state index in [1.54, 1.807) is 35.3 Å². The quantitative estimate of drug-likeness (QED) is 0.673. The number of hydrogen-bond donors (Lipinski definition) is 1. The SMILES string of the molecule is O=C(Nc1ccc(-n2cncn2)cc1)c1ccc(F)c(S(=O)(=O)N2CCCCC2)c1. The topological polar surface area (TPSA) is 97.2 Å². The van der Waals surface area contributed by atoms with Gasteiger partial charge in [-0.25, -0.2) is 22.5 Å². The molecule has 1 saturated heterocycles. The van der Waals surface area contributed by atoms with Crippen molar-refractivity contribution >= 4 is 21.6 Å². The molecule has 0 spiro atoms. The van der Waals surface area contributed by atoms with E-state index in [1.165, 1.54) is 16.7 Å². The Morgan fingerprint density at radius 2 is 1.77 bits per heavy atom. The highest BCUT2D eigenvalue weighted by Gasteiger charge is 2.29. The molecule has 0 atom stereocenters. The summed E-state index contributed by atoms with van der Waals surface area (Å²) in [6.45, 7) is 0.715. The standard InChI is InChI=1S/C20H20FN5O3S/c21-18-9-4-15(12-19(18)30(28,29)25-10-2-1-3-11-25)20(27)24-16-5-7-17(8-6-16)26-14-22-13-23-26/h4-9,12-14H,1-3,10-11H2,(H,24,27). The van der Waals surface area contributed by atoms with Crippen molar-refractivity contribution in [2.75, 3.05) is 18.4 Å². The smallest absolute Gasteiger partial charge is 0.255 e. The molecule has 1 N–H and O–H groups in total. The maximum absolute atomic E-state index is 14.3. The van der Waals surface area contributed by atoms with Crippen molar-refractivity contribution in [3.05, 3.63) is 66.5 Å². The highest BCUT2D eigenvalue weighted by molar-refractivity contribution is 7.89. The zero-order valence-corrected chi connectivity index (χ0v) is 16.8. The fraction of sp³-hybridized carbons (Fsp3) is 0.250. The lowest BCUT2D eigenvalue weighted by atomic mass is 10.2. The van der Waals surface area contributed by atoms with Gasteiger partial charge in [0.25, 0.3) is 5.91 Å². The summed E-state index contributed by atoms with van der Waals surface area (Å²) in [4.78, 5) is 16.0. The Kier molecular flexibility index (Phi) is 5.60. The third kappa shape index (κ3) is 4.10. The van der Waals surface area contributed by atoms with E-state index in [2.05, 4.69) is 15.4 Å². The zero-order valence-electron chi connectivity index (χ0n) is 16.0. The lowest BCUT2D eigenvalue weighted by molar-refractivity contribution is 0.102. The summed E-state index contributed by atoms with van der Waals surface area (Å²) >= 11 is 0. The van der Waals surface area contributed by atoms with Crippen LogP contribution in [0.2, 0.25) is 0 Å². The van der Waals surface area contributed by atoms with Gasteiger partial charge in [-0.15, -0.1) is 0 Å². The van der Waals surface area contributed by atoms with Gasteiger partial charge in [-0.1, -0.05) is 6.42 Å². The zero-order chi connectivity index (χ0) is 21.1. The number of hydrogen-bond acceptors (Lipinski definition) is 5. The first-order valence-corrected chi connectivity index (χ1v) is 11.0. The Hall–Kier alpha value is -3.11. The van der Waals surface area contributed by atoms with Gasteiger partial charge in [-0.05, 0) is 55.3 Å². The maximum Gasteiger partial charge on any atom is 0.255 e. The summed E-state index contributed by atoms with van der Waals surface area (Å²) in [5.74, 6) is -1.40. The Morgan fingerprint density at radius 3 is 2.43 bits per heavy atom. The van der Waals surface area contributed by atoms with Crippen molar-refractivity contribution < 1.29 is 17.6 Å². The average molecular weight is 429 g/mol. The minimum absolute atomic E-state index is 0.0623. The predicted molar refractivity (Wildman–Crippen MR) is 108 cm³/mol. The molecular formula is C20H20FN5O3S. The minimum atomic E-state index is -3.99. The molecule has 8 nitrogen and oxygen atoms in total. The van der Waals surface area contributed by atoms with Gasteiger partial charge >= 0.3 is 0 Å². The molecule has 4 rings (SSSR count). The second kappa shape index (κ2) is 8.33. The van der Waals surface area contributed by atoms with E-state index in [4.69, 9.17) is 0 Å². The number of halogens is 1. The second-order valence-electron chi connectivity index (χ2n) is 6.95. The number of anilines is 1. The summed E-state index contributed by atoms with van der Waals surface area (Å²) in [5.41, 5.74) is 1.34. The van der Waals surface area contributed by atoms with Crippen molar-refractivity contribution in [1.29, 1.82) is 0 Å². The Bertz CT molecular complexity index is 1140. The summed E-state index contributed by atoms with van der Waals surface area (Å²) in [5, 5.41) is 6.72. The molecule has 156 valence electrons. The molecule has 3 aromatic rings. The number of nitrogens with one attached hydrogen (secondary N) is 1. The van der Waals surface area contributed by atoms with Crippen LogP contribution in [0.3, 0.4) is 0 Å². The van der Waals surface area contributed by atoms with Crippen LogP contribution in [-0.4, -0.2) is 46.5 Å². The number of nitrogens with zero attached hydrogens (tertiary/aromatic N) is 4. The molecule has 30 heavy (non-hydrogen) atoms. The van der Waals surface area contributed by atoms with Crippen LogP contribution < -0.4 is 5.32 Å². The van der Waals surface area contributed by atoms with Crippen LogP contribution in [-0.2, 0) is 10.0 Å². The van der Waals surface area contributed by atoms with Gasteiger partial charge < -0.3 is 5.32 Å². The van der Waals surface area contributed by atoms with Crippen molar-refractivity contribution in [3.8, 4) is 5.69 Å². The third-order valence-corrected chi connectivity index (χ3v) is 6.85. The number of rotatable bonds is 5. The molecule has 1 aromatic heterocycles. The van der Waals surface area contributed by atoms with Gasteiger partial charge in [0.1, 0.15) is 23.4 Å². The molecule has 1 aliphatic heterocycles. The first kappa shape index (κ1) is 20.2. The van der Waals surface area contributed by atoms with Crippen LogP contribution in [0, 0.1) is 5.82 Å². The van der Waals surface area contributed by atoms with E-state index < -0.39 is 26.6 Å². The third-order valence-electron chi connectivity index (χ3n) is 4.93. The number of carbonyl (C=O) groups is 1. The maximum atomic E-state index is 14.3. The number of aromatic nitrogens is 3. The molecule has 10 heteroatoms. The Morgan fingerprint density at radius 1 is 1.03 bits per heavy atom. The lowest BCUT2D eigenvalue weighted by Gasteiger charge is -2.26. The number of benzene rings is 2. The number of amides is 1. The van der Waals surface area contributed by atoms with Gasteiger partial charge in [0.15, 0.2) is 0 Å². The van der Waals surface area contributed by atoms with Gasteiger partial charge in [0.05, 0.1) is 5.69 Å². The summed E-state index contributed by atoms with van der Waals surface area (Å²) < 4.78 is 42.9. The molecule has 2 aromatic carbocycles. The van der Waals surface area contributed by atoms with E-state index in [9.17, 15) is 17.6 Å². The molecule has 1 aliphatic rings. The fourth-order valence-corrected chi connectivity index (χ4v) is 4.94. The van der Waals surface area contributed by atoms with Crippen molar-refractivity contribution in [1.82, 2.24) is 19.1 Å². The van der Waals surface area contributed by atoms with Crippen LogP contribution in [0.4, 0.5) is 10.1 Å². The minimum Gasteiger partial charge on any atom is -0.322 e. The molecule has 0 bridgehead atoms. The monoisotopic (exact) mass is 429 g/mol. The average Bonchev–Trinajstić information content (AvgIpc) is 3.30. The second-order valence-corrected chi connectivity index (χ2v) is 8.86. The van der Waals surface area contributed by atoms with Crippen LogP contribution >= 0.6 is 0 Å². The molecule has 1 amide bonds. The Labute approximate surface area is 173 Å². The molecule has 0 unspecified atom stereocenters. The van der Waals surface area contributed by atoms with E-state index in [1.807, 2.05) is 0 Å². The van der Waals surface area contributed by atoms with E-state index in [-0.39, 0.29) is 5.56 Å². The summed E-state index contributed by atoms with van der Waals surface area (Å²) in [6.07, 6.45) is 5.40. The van der Waals surface area contributed by atoms with E-state index >= 15 is 0 Å². The largest absolute Gasteiger partial charge is 0.322 e. The van der Waals surface area contributed by atoms with Crippen LogP contribution in [0.5, 0.6) is 0 Å². The number of sulfonamides is 1. The van der Waals surface area contributed by atoms with Crippen LogP contribution in [0.1, 0.15) is 29.6 Å². The van der Waals surface area contributed by atoms with Gasteiger partial charge in [0.2, 0.25) is 10.0 Å². The van der Waals surface area contributed by atoms with Gasteiger partial charge in [-0.2, -0.15) is 9.40 Å². The fourth-order valence-electron chi connectivity index (χ4n) is 3.33. The highest BCUT2D eigenvalue weighted by Crippen LogP contribution is 2.24. The highest BCUT2D eigenvalue weighted by atomic mass is 32.2.